The van der Waals surface area contributed by atoms with Crippen molar-refractivity contribution in [1.29, 1.82) is 0 Å². The second-order valence-electron chi connectivity index (χ2n) is 5.77. The number of hydrogen-bond acceptors (Lipinski definition) is 3. The quantitative estimate of drug-likeness (QED) is 0.773. The van der Waals surface area contributed by atoms with Gasteiger partial charge in [-0.2, -0.15) is 0 Å². The molecular formula is C19H15FN2O. The Morgan fingerprint density at radius 3 is 2.13 bits per heavy atom. The van der Waals surface area contributed by atoms with Crippen LogP contribution in [0.4, 0.5) is 4.39 Å². The van der Waals surface area contributed by atoms with Gasteiger partial charge in [0.25, 0.3) is 0 Å². The molecule has 23 heavy (non-hydrogen) atoms. The maximum atomic E-state index is 14.1. The SMILES string of the molecule is Oc1ccccc1-c1cc(-c2ccccc2F)nc(C2CC2)n1. The molecule has 114 valence electrons. The van der Waals surface area contributed by atoms with Crippen LogP contribution in [0.3, 0.4) is 0 Å². The summed E-state index contributed by atoms with van der Waals surface area (Å²) in [6.45, 7) is 0. The summed E-state index contributed by atoms with van der Waals surface area (Å²) in [5.74, 6) is 0.916. The molecule has 1 fully saturated rings. The first-order valence-corrected chi connectivity index (χ1v) is 7.64. The summed E-state index contributed by atoms with van der Waals surface area (Å²) in [5.41, 5.74) is 2.26. The lowest BCUT2D eigenvalue weighted by Gasteiger charge is -2.10. The summed E-state index contributed by atoms with van der Waals surface area (Å²) >= 11 is 0. The number of phenolic OH excluding ortho intramolecular Hbond substituents is 1. The van der Waals surface area contributed by atoms with Gasteiger partial charge in [-0.1, -0.05) is 24.3 Å². The zero-order valence-electron chi connectivity index (χ0n) is 12.4. The minimum Gasteiger partial charge on any atom is -0.507 e. The van der Waals surface area contributed by atoms with Crippen molar-refractivity contribution in [2.45, 2.75) is 18.8 Å². The molecule has 1 aromatic heterocycles. The number of phenols is 1. The fourth-order valence-corrected chi connectivity index (χ4v) is 2.63. The molecule has 1 N–H and O–H groups in total. The Balaban J connectivity index is 1.91. The van der Waals surface area contributed by atoms with Crippen LogP contribution in [0.15, 0.2) is 54.6 Å². The van der Waals surface area contributed by atoms with Crippen molar-refractivity contribution in [2.75, 3.05) is 0 Å². The number of aromatic hydroxyl groups is 1. The zero-order valence-corrected chi connectivity index (χ0v) is 12.4. The van der Waals surface area contributed by atoms with Crippen LogP contribution in [0, 0.1) is 5.82 Å². The monoisotopic (exact) mass is 306 g/mol. The van der Waals surface area contributed by atoms with Crippen molar-refractivity contribution in [2.24, 2.45) is 0 Å². The normalized spacial score (nSPS) is 14.0. The molecule has 3 nitrogen and oxygen atoms in total. The van der Waals surface area contributed by atoms with Crippen molar-refractivity contribution in [3.05, 3.63) is 66.2 Å². The molecule has 0 bridgehead atoms. The minimum atomic E-state index is -0.309. The standard InChI is InChI=1S/C19H15FN2O/c20-15-7-3-1-5-13(15)16-11-17(14-6-2-4-8-18(14)23)22-19(21-16)12-9-10-12/h1-8,11-12,23H,9-10H2. The lowest BCUT2D eigenvalue weighted by molar-refractivity contribution is 0.477. The molecule has 0 saturated heterocycles. The molecule has 1 aliphatic carbocycles. The van der Waals surface area contributed by atoms with Gasteiger partial charge in [0, 0.05) is 17.0 Å². The molecule has 4 rings (SSSR count). The highest BCUT2D eigenvalue weighted by Crippen LogP contribution is 2.40. The van der Waals surface area contributed by atoms with Gasteiger partial charge < -0.3 is 5.11 Å². The molecule has 0 radical (unpaired) electrons. The van der Waals surface area contributed by atoms with Crippen molar-refractivity contribution < 1.29 is 9.50 Å². The average Bonchev–Trinajstić information content (AvgIpc) is 3.40. The molecule has 0 unspecified atom stereocenters. The van der Waals surface area contributed by atoms with E-state index in [0.717, 1.165) is 18.7 Å². The van der Waals surface area contributed by atoms with E-state index in [-0.39, 0.29) is 11.6 Å². The Morgan fingerprint density at radius 2 is 1.48 bits per heavy atom. The van der Waals surface area contributed by atoms with Gasteiger partial charge in [0.2, 0.25) is 0 Å². The molecule has 1 heterocycles. The molecule has 1 aliphatic rings. The number of halogens is 1. The fourth-order valence-electron chi connectivity index (χ4n) is 2.63. The maximum Gasteiger partial charge on any atom is 0.132 e. The molecule has 1 saturated carbocycles. The highest BCUT2D eigenvalue weighted by Gasteiger charge is 2.28. The summed E-state index contributed by atoms with van der Waals surface area (Å²) in [6, 6.07) is 15.4. The highest BCUT2D eigenvalue weighted by molar-refractivity contribution is 5.72. The summed E-state index contributed by atoms with van der Waals surface area (Å²) in [5, 5.41) is 10.1. The lowest BCUT2D eigenvalue weighted by Crippen LogP contribution is -1.99. The van der Waals surface area contributed by atoms with Crippen molar-refractivity contribution in [3.8, 4) is 28.3 Å². The number of nitrogens with zero attached hydrogens (tertiary/aromatic N) is 2. The maximum absolute atomic E-state index is 14.1. The van der Waals surface area contributed by atoms with E-state index in [0.29, 0.717) is 28.4 Å². The molecule has 3 aromatic rings. The van der Waals surface area contributed by atoms with Gasteiger partial charge in [-0.15, -0.1) is 0 Å². The van der Waals surface area contributed by atoms with Crippen LogP contribution in [0.5, 0.6) is 5.75 Å². The van der Waals surface area contributed by atoms with Crippen molar-refractivity contribution in [1.82, 2.24) is 9.97 Å². The van der Waals surface area contributed by atoms with E-state index in [9.17, 15) is 9.50 Å². The van der Waals surface area contributed by atoms with Crippen LogP contribution in [0.1, 0.15) is 24.6 Å². The Labute approximate surface area is 133 Å². The predicted molar refractivity (Wildman–Crippen MR) is 86.5 cm³/mol. The Morgan fingerprint density at radius 1 is 0.870 bits per heavy atom. The third-order valence-corrected chi connectivity index (χ3v) is 4.02. The average molecular weight is 306 g/mol. The molecule has 0 atom stereocenters. The number of hydrogen-bond donors (Lipinski definition) is 1. The lowest BCUT2D eigenvalue weighted by atomic mass is 10.1. The van der Waals surface area contributed by atoms with E-state index in [1.165, 1.54) is 6.07 Å². The van der Waals surface area contributed by atoms with Gasteiger partial charge in [0.1, 0.15) is 17.4 Å². The van der Waals surface area contributed by atoms with Crippen LogP contribution in [-0.2, 0) is 0 Å². The smallest absolute Gasteiger partial charge is 0.132 e. The topological polar surface area (TPSA) is 46.0 Å². The zero-order chi connectivity index (χ0) is 15.8. The van der Waals surface area contributed by atoms with E-state index in [2.05, 4.69) is 9.97 Å². The van der Waals surface area contributed by atoms with Gasteiger partial charge in [0.05, 0.1) is 11.4 Å². The van der Waals surface area contributed by atoms with Crippen molar-refractivity contribution >= 4 is 0 Å². The van der Waals surface area contributed by atoms with Crippen LogP contribution < -0.4 is 0 Å². The second kappa shape index (κ2) is 5.47. The van der Waals surface area contributed by atoms with Gasteiger partial charge >= 0.3 is 0 Å². The summed E-state index contributed by atoms with van der Waals surface area (Å²) < 4.78 is 14.1. The van der Waals surface area contributed by atoms with Gasteiger partial charge in [-0.05, 0) is 43.2 Å². The van der Waals surface area contributed by atoms with Crippen LogP contribution in [0.25, 0.3) is 22.5 Å². The molecular weight excluding hydrogens is 291 g/mol. The first kappa shape index (κ1) is 13.9. The first-order valence-electron chi connectivity index (χ1n) is 7.64. The van der Waals surface area contributed by atoms with E-state index in [4.69, 9.17) is 0 Å². The molecule has 0 amide bonds. The summed E-state index contributed by atoms with van der Waals surface area (Å²) in [7, 11) is 0. The van der Waals surface area contributed by atoms with E-state index in [1.54, 1.807) is 42.5 Å². The second-order valence-corrected chi connectivity index (χ2v) is 5.77. The van der Waals surface area contributed by atoms with Crippen LogP contribution in [0.2, 0.25) is 0 Å². The van der Waals surface area contributed by atoms with Gasteiger partial charge in [-0.3, -0.25) is 0 Å². The van der Waals surface area contributed by atoms with Crippen molar-refractivity contribution in [3.63, 3.8) is 0 Å². The Kier molecular flexibility index (Phi) is 3.30. The first-order chi connectivity index (χ1) is 11.2. The molecule has 0 spiro atoms. The van der Waals surface area contributed by atoms with Crippen LogP contribution >= 0.6 is 0 Å². The molecule has 0 aliphatic heterocycles. The number of aromatic nitrogens is 2. The molecule has 2 aromatic carbocycles. The summed E-state index contributed by atoms with van der Waals surface area (Å²) in [6.07, 6.45) is 2.11. The van der Waals surface area contributed by atoms with Gasteiger partial charge in [-0.25, -0.2) is 14.4 Å². The number of rotatable bonds is 3. The third kappa shape index (κ3) is 2.68. The Bertz CT molecular complexity index is 811. The minimum absolute atomic E-state index is 0.160. The van der Waals surface area contributed by atoms with Gasteiger partial charge in [0.15, 0.2) is 0 Å². The number of para-hydroxylation sites is 1. The molecule has 4 heteroatoms. The van der Waals surface area contributed by atoms with E-state index < -0.39 is 0 Å². The fraction of sp³-hybridized carbons (Fsp3) is 0.158. The number of benzene rings is 2. The van der Waals surface area contributed by atoms with E-state index in [1.807, 2.05) is 6.07 Å². The highest BCUT2D eigenvalue weighted by atomic mass is 19.1. The summed E-state index contributed by atoms with van der Waals surface area (Å²) in [4.78, 5) is 9.14. The van der Waals surface area contributed by atoms with E-state index >= 15 is 0 Å². The largest absolute Gasteiger partial charge is 0.507 e. The predicted octanol–water partition coefficient (Wildman–Crippen LogP) is 4.53. The third-order valence-electron chi connectivity index (χ3n) is 4.02. The van der Waals surface area contributed by atoms with Crippen LogP contribution in [-0.4, -0.2) is 15.1 Å². The Hall–Kier alpha value is -2.75.